The fraction of sp³-hybridized carbons (Fsp3) is 0.190. The fourth-order valence-electron chi connectivity index (χ4n) is 2.88. The molecule has 0 atom stereocenters. The van der Waals surface area contributed by atoms with Gasteiger partial charge in [-0.2, -0.15) is 5.10 Å². The Morgan fingerprint density at radius 3 is 2.48 bits per heavy atom. The minimum atomic E-state index is -0.247. The third-order valence-corrected chi connectivity index (χ3v) is 4.22. The van der Waals surface area contributed by atoms with Crippen molar-refractivity contribution in [3.05, 3.63) is 77.6 Å². The zero-order valence-corrected chi connectivity index (χ0v) is 15.6. The fourth-order valence-corrected chi connectivity index (χ4v) is 2.88. The van der Waals surface area contributed by atoms with Crippen LogP contribution in [0.1, 0.15) is 33.3 Å². The predicted molar refractivity (Wildman–Crippen MR) is 105 cm³/mol. The molecule has 3 rings (SSSR count). The first-order chi connectivity index (χ1) is 13.0. The van der Waals surface area contributed by atoms with Crippen LogP contribution in [-0.4, -0.2) is 40.6 Å². The molecule has 0 aliphatic heterocycles. The first kappa shape index (κ1) is 18.4. The predicted octanol–water partition coefficient (Wildman–Crippen LogP) is 3.39. The van der Waals surface area contributed by atoms with Gasteiger partial charge < -0.3 is 10.2 Å². The van der Waals surface area contributed by atoms with Crippen molar-refractivity contribution in [2.75, 3.05) is 19.4 Å². The van der Waals surface area contributed by atoms with Crippen molar-refractivity contribution in [3.8, 4) is 5.69 Å². The molecule has 6 heteroatoms. The first-order valence-corrected chi connectivity index (χ1v) is 8.76. The lowest BCUT2D eigenvalue weighted by atomic mass is 10.1. The highest BCUT2D eigenvalue weighted by Gasteiger charge is 2.18. The second-order valence-corrected chi connectivity index (χ2v) is 6.34. The van der Waals surface area contributed by atoms with E-state index in [0.717, 1.165) is 11.4 Å². The molecule has 0 spiro atoms. The molecular weight excluding hydrogens is 340 g/mol. The molecule has 0 saturated heterocycles. The van der Waals surface area contributed by atoms with Crippen molar-refractivity contribution in [1.29, 1.82) is 0 Å². The highest BCUT2D eigenvalue weighted by Crippen LogP contribution is 2.18. The number of amides is 2. The van der Waals surface area contributed by atoms with E-state index in [1.54, 1.807) is 49.2 Å². The summed E-state index contributed by atoms with van der Waals surface area (Å²) in [5, 5.41) is 7.25. The van der Waals surface area contributed by atoms with E-state index >= 15 is 0 Å². The van der Waals surface area contributed by atoms with Crippen LogP contribution in [0.2, 0.25) is 0 Å². The summed E-state index contributed by atoms with van der Waals surface area (Å²) in [6.45, 7) is 1.99. The number of benzene rings is 2. The molecule has 2 aromatic carbocycles. The standard InChI is InChI=1S/C21H22N4O2/c1-4-19-18(14-22-25(19)17-11-6-5-7-12-17)20(26)23-16-10-8-9-15(13-16)21(27)24(2)3/h5-14H,4H2,1-3H3,(H,23,26). The molecule has 0 aliphatic carbocycles. The molecule has 1 N–H and O–H groups in total. The first-order valence-electron chi connectivity index (χ1n) is 8.76. The Morgan fingerprint density at radius 2 is 1.81 bits per heavy atom. The van der Waals surface area contributed by atoms with Gasteiger partial charge in [0.25, 0.3) is 11.8 Å². The van der Waals surface area contributed by atoms with E-state index < -0.39 is 0 Å². The maximum absolute atomic E-state index is 12.8. The molecule has 0 unspecified atom stereocenters. The van der Waals surface area contributed by atoms with Gasteiger partial charge in [-0.05, 0) is 36.8 Å². The van der Waals surface area contributed by atoms with Crippen LogP contribution in [0.3, 0.4) is 0 Å². The van der Waals surface area contributed by atoms with Crippen molar-refractivity contribution in [2.45, 2.75) is 13.3 Å². The Morgan fingerprint density at radius 1 is 1.07 bits per heavy atom. The Labute approximate surface area is 158 Å². The molecule has 2 amide bonds. The van der Waals surface area contributed by atoms with Gasteiger partial charge in [-0.25, -0.2) is 4.68 Å². The summed E-state index contributed by atoms with van der Waals surface area (Å²) in [6.07, 6.45) is 2.24. The van der Waals surface area contributed by atoms with Crippen LogP contribution in [0.4, 0.5) is 5.69 Å². The van der Waals surface area contributed by atoms with Crippen LogP contribution in [0.25, 0.3) is 5.69 Å². The topological polar surface area (TPSA) is 67.2 Å². The normalized spacial score (nSPS) is 10.5. The Balaban J connectivity index is 1.86. The zero-order chi connectivity index (χ0) is 19.4. The molecule has 1 aromatic heterocycles. The number of rotatable bonds is 5. The maximum Gasteiger partial charge on any atom is 0.259 e. The van der Waals surface area contributed by atoms with Gasteiger partial charge in [0.1, 0.15) is 0 Å². The molecule has 0 bridgehead atoms. The van der Waals surface area contributed by atoms with Gasteiger partial charge in [0.05, 0.1) is 23.1 Å². The van der Waals surface area contributed by atoms with Crippen molar-refractivity contribution in [3.63, 3.8) is 0 Å². The number of para-hydroxylation sites is 1. The Bertz CT molecular complexity index is 961. The summed E-state index contributed by atoms with van der Waals surface area (Å²) < 4.78 is 1.78. The number of carbonyl (C=O) groups excluding carboxylic acids is 2. The molecule has 6 nitrogen and oxygen atoms in total. The zero-order valence-electron chi connectivity index (χ0n) is 15.6. The smallest absolute Gasteiger partial charge is 0.259 e. The highest BCUT2D eigenvalue weighted by atomic mass is 16.2. The van der Waals surface area contributed by atoms with Crippen LogP contribution >= 0.6 is 0 Å². The largest absolute Gasteiger partial charge is 0.345 e. The molecule has 0 fully saturated rings. The van der Waals surface area contributed by atoms with E-state index in [4.69, 9.17) is 0 Å². The molecular formula is C21H22N4O2. The van der Waals surface area contributed by atoms with Crippen LogP contribution < -0.4 is 5.32 Å². The van der Waals surface area contributed by atoms with Gasteiger partial charge in [0, 0.05) is 25.3 Å². The summed E-state index contributed by atoms with van der Waals surface area (Å²) in [5.74, 6) is -0.360. The van der Waals surface area contributed by atoms with Gasteiger partial charge in [-0.3, -0.25) is 9.59 Å². The SMILES string of the molecule is CCc1c(C(=O)Nc2cccc(C(=O)N(C)C)c2)cnn1-c1ccccc1. The number of hydrogen-bond donors (Lipinski definition) is 1. The van der Waals surface area contributed by atoms with Crippen LogP contribution in [-0.2, 0) is 6.42 Å². The number of anilines is 1. The number of carbonyl (C=O) groups is 2. The number of nitrogens with zero attached hydrogens (tertiary/aromatic N) is 3. The van der Waals surface area contributed by atoms with Crippen LogP contribution in [0, 0.1) is 0 Å². The number of hydrogen-bond acceptors (Lipinski definition) is 3. The summed E-state index contributed by atoms with van der Waals surface area (Å²) in [4.78, 5) is 26.4. The van der Waals surface area contributed by atoms with Gasteiger partial charge in [0.2, 0.25) is 0 Å². The molecule has 0 radical (unpaired) electrons. The monoisotopic (exact) mass is 362 g/mol. The third-order valence-electron chi connectivity index (χ3n) is 4.22. The molecule has 27 heavy (non-hydrogen) atoms. The summed E-state index contributed by atoms with van der Waals surface area (Å²) in [7, 11) is 3.39. The van der Waals surface area contributed by atoms with E-state index in [-0.39, 0.29) is 11.8 Å². The lowest BCUT2D eigenvalue weighted by Gasteiger charge is -2.12. The minimum Gasteiger partial charge on any atom is -0.345 e. The van der Waals surface area contributed by atoms with Crippen molar-refractivity contribution < 1.29 is 9.59 Å². The van der Waals surface area contributed by atoms with Gasteiger partial charge in [0.15, 0.2) is 0 Å². The average molecular weight is 362 g/mol. The molecule has 0 saturated carbocycles. The maximum atomic E-state index is 12.8. The second-order valence-electron chi connectivity index (χ2n) is 6.34. The van der Waals surface area contributed by atoms with E-state index in [2.05, 4.69) is 10.4 Å². The number of aromatic nitrogens is 2. The Kier molecular flexibility index (Phi) is 5.35. The summed E-state index contributed by atoms with van der Waals surface area (Å²) in [5.41, 5.74) is 3.35. The van der Waals surface area contributed by atoms with Crippen molar-refractivity contribution in [2.24, 2.45) is 0 Å². The van der Waals surface area contributed by atoms with E-state index in [0.29, 0.717) is 23.2 Å². The highest BCUT2D eigenvalue weighted by molar-refractivity contribution is 6.05. The van der Waals surface area contributed by atoms with Gasteiger partial charge >= 0.3 is 0 Å². The molecule has 138 valence electrons. The lowest BCUT2D eigenvalue weighted by Crippen LogP contribution is -2.22. The summed E-state index contributed by atoms with van der Waals surface area (Å²) >= 11 is 0. The molecule has 3 aromatic rings. The van der Waals surface area contributed by atoms with Crippen LogP contribution in [0.15, 0.2) is 60.8 Å². The van der Waals surface area contributed by atoms with Gasteiger partial charge in [-0.1, -0.05) is 31.2 Å². The quantitative estimate of drug-likeness (QED) is 0.756. The van der Waals surface area contributed by atoms with E-state index in [9.17, 15) is 9.59 Å². The van der Waals surface area contributed by atoms with Crippen molar-refractivity contribution in [1.82, 2.24) is 14.7 Å². The minimum absolute atomic E-state index is 0.114. The van der Waals surface area contributed by atoms with Crippen molar-refractivity contribution >= 4 is 17.5 Å². The molecule has 1 heterocycles. The number of nitrogens with one attached hydrogen (secondary N) is 1. The third kappa shape index (κ3) is 3.89. The summed E-state index contributed by atoms with van der Waals surface area (Å²) in [6, 6.07) is 16.6. The average Bonchev–Trinajstić information content (AvgIpc) is 3.12. The van der Waals surface area contributed by atoms with Crippen LogP contribution in [0.5, 0.6) is 0 Å². The lowest BCUT2D eigenvalue weighted by molar-refractivity contribution is 0.0827. The van der Waals surface area contributed by atoms with Gasteiger partial charge in [-0.15, -0.1) is 0 Å². The second kappa shape index (κ2) is 7.86. The molecule has 0 aliphatic rings. The van der Waals surface area contributed by atoms with E-state index in [1.807, 2.05) is 37.3 Å². The van der Waals surface area contributed by atoms with E-state index in [1.165, 1.54) is 4.90 Å². The Hall–Kier alpha value is -3.41.